The second-order valence-corrected chi connectivity index (χ2v) is 14.8. The zero-order chi connectivity index (χ0) is 31.8. The third kappa shape index (κ3) is 3.12. The van der Waals surface area contributed by atoms with Gasteiger partial charge in [0.25, 0.3) is 6.71 Å². The molecule has 0 bridgehead atoms. The minimum absolute atomic E-state index is 0.0423. The fourth-order valence-corrected chi connectivity index (χ4v) is 10.4. The molecule has 4 aliphatic rings. The summed E-state index contributed by atoms with van der Waals surface area (Å²) in [4.78, 5) is 5.21. The van der Waals surface area contributed by atoms with E-state index in [1.54, 1.807) is 5.56 Å². The molecule has 4 heteroatoms. The first-order chi connectivity index (χ1) is 23.6. The molecule has 0 amide bonds. The molecule has 0 N–H and O–H groups in total. The molecule has 2 unspecified atom stereocenters. The van der Waals surface area contributed by atoms with E-state index in [-0.39, 0.29) is 17.7 Å². The molecule has 1 saturated carbocycles. The van der Waals surface area contributed by atoms with Gasteiger partial charge in [-0.3, -0.25) is 0 Å². The monoisotopic (exact) mass is 617 g/mol. The topological polar surface area (TPSA) is 11.4 Å². The largest absolute Gasteiger partial charge is 0.335 e. The van der Waals surface area contributed by atoms with Crippen molar-refractivity contribution in [2.75, 3.05) is 9.80 Å². The maximum Gasteiger partial charge on any atom is 0.252 e. The van der Waals surface area contributed by atoms with E-state index in [1.807, 2.05) is 0 Å². The first-order valence-electron chi connectivity index (χ1n) is 17.6. The van der Waals surface area contributed by atoms with E-state index in [9.17, 15) is 0 Å². The Labute approximate surface area is 282 Å². The highest BCUT2D eigenvalue weighted by Gasteiger charge is 2.61. The van der Waals surface area contributed by atoms with Gasteiger partial charge >= 0.3 is 0 Å². The van der Waals surface area contributed by atoms with E-state index in [0.29, 0.717) is 0 Å². The quantitative estimate of drug-likeness (QED) is 0.183. The molecule has 7 aromatic rings. The van der Waals surface area contributed by atoms with Crippen LogP contribution in [-0.2, 0) is 5.41 Å². The lowest BCUT2D eigenvalue weighted by molar-refractivity contribution is 0.195. The third-order valence-corrected chi connectivity index (χ3v) is 12.7. The van der Waals surface area contributed by atoms with Crippen molar-refractivity contribution >= 4 is 73.3 Å². The Hall–Kier alpha value is -5.22. The van der Waals surface area contributed by atoms with Crippen LogP contribution in [0.2, 0.25) is 0 Å². The number of nitrogens with zero attached hydrogens (tertiary/aromatic N) is 3. The highest BCUT2D eigenvalue weighted by Crippen LogP contribution is 2.62. The van der Waals surface area contributed by atoms with Crippen LogP contribution >= 0.6 is 0 Å². The molecule has 230 valence electrons. The highest BCUT2D eigenvalue weighted by molar-refractivity contribution is 7.00. The van der Waals surface area contributed by atoms with Gasteiger partial charge in [-0.05, 0) is 96.3 Å². The molecule has 0 radical (unpaired) electrons. The van der Waals surface area contributed by atoms with E-state index in [4.69, 9.17) is 0 Å². The number of benzene rings is 6. The van der Waals surface area contributed by atoms with Gasteiger partial charge in [0.15, 0.2) is 0 Å². The summed E-state index contributed by atoms with van der Waals surface area (Å²) in [5.74, 6) is 0. The molecule has 6 aromatic carbocycles. The fourth-order valence-electron chi connectivity index (χ4n) is 10.4. The Kier molecular flexibility index (Phi) is 5.15. The molecule has 1 fully saturated rings. The molecule has 1 aromatic heterocycles. The second kappa shape index (κ2) is 9.23. The number of hydrogen-bond acceptors (Lipinski definition) is 2. The van der Waals surface area contributed by atoms with Crippen molar-refractivity contribution in [2.24, 2.45) is 0 Å². The molecule has 48 heavy (non-hydrogen) atoms. The zero-order valence-electron chi connectivity index (χ0n) is 27.4. The molecule has 1 aliphatic carbocycles. The first kappa shape index (κ1) is 26.8. The molecule has 0 saturated heterocycles. The standard InChI is InChI=1S/C44H36BN3/c1-43-25-13-14-26-44(43,2)48-38-22-12-10-20-35(38)45-36-24-23-31(46(29-15-5-3-6-16-29)30-17-7-4-8-18-30)27-39(36)47-37-21-11-9-19-32(37)33-28-34(43)42(48)40(45)41(33)47/h3-12,15-24,27-28H,13-14,25-26H2,1-2H3. The average molecular weight is 618 g/mol. The van der Waals surface area contributed by atoms with Gasteiger partial charge in [-0.15, -0.1) is 0 Å². The fraction of sp³-hybridized carbons (Fsp3) is 0.182. The molecular formula is C44H36BN3. The predicted octanol–water partition coefficient (Wildman–Crippen LogP) is 9.14. The lowest BCUT2D eigenvalue weighted by Crippen LogP contribution is -2.63. The minimum Gasteiger partial charge on any atom is -0.335 e. The number of aromatic nitrogens is 1. The molecule has 11 rings (SSSR count). The molecule has 2 atom stereocenters. The van der Waals surface area contributed by atoms with Crippen LogP contribution in [0.1, 0.15) is 45.1 Å². The average Bonchev–Trinajstić information content (AvgIpc) is 3.58. The van der Waals surface area contributed by atoms with Crippen molar-refractivity contribution in [1.82, 2.24) is 4.57 Å². The van der Waals surface area contributed by atoms with Gasteiger partial charge < -0.3 is 14.4 Å². The van der Waals surface area contributed by atoms with Crippen LogP contribution in [-0.4, -0.2) is 16.8 Å². The summed E-state index contributed by atoms with van der Waals surface area (Å²) in [6.07, 6.45) is 5.04. The zero-order valence-corrected chi connectivity index (χ0v) is 27.4. The molecular weight excluding hydrogens is 581 g/mol. The van der Waals surface area contributed by atoms with Crippen LogP contribution in [0, 0.1) is 0 Å². The summed E-state index contributed by atoms with van der Waals surface area (Å²) in [6, 6.07) is 49.9. The van der Waals surface area contributed by atoms with Crippen LogP contribution in [0.5, 0.6) is 0 Å². The van der Waals surface area contributed by atoms with Gasteiger partial charge in [-0.25, -0.2) is 0 Å². The molecule has 3 aliphatic heterocycles. The number of rotatable bonds is 3. The van der Waals surface area contributed by atoms with Gasteiger partial charge in [-0.1, -0.05) is 98.6 Å². The van der Waals surface area contributed by atoms with E-state index >= 15 is 0 Å². The van der Waals surface area contributed by atoms with Gasteiger partial charge in [0, 0.05) is 50.3 Å². The van der Waals surface area contributed by atoms with Crippen LogP contribution < -0.4 is 26.2 Å². The van der Waals surface area contributed by atoms with E-state index in [2.05, 4.69) is 162 Å². The minimum atomic E-state index is 0.0423. The van der Waals surface area contributed by atoms with Crippen LogP contribution in [0.15, 0.2) is 133 Å². The summed E-state index contributed by atoms with van der Waals surface area (Å²) in [7, 11) is 0. The SMILES string of the molecule is CC12CCCCC1(C)N1c3ccccc3B3c4ccc(N(c5ccccc5)c5ccccc5)cc4-n4c5ccccc5c5cc2c1c3c54. The van der Waals surface area contributed by atoms with Crippen molar-refractivity contribution in [1.29, 1.82) is 0 Å². The normalized spacial score (nSPS) is 21.3. The van der Waals surface area contributed by atoms with Crippen LogP contribution in [0.3, 0.4) is 0 Å². The van der Waals surface area contributed by atoms with Crippen molar-refractivity contribution in [3.63, 3.8) is 0 Å². The summed E-state index contributed by atoms with van der Waals surface area (Å²) in [6.45, 7) is 5.32. The summed E-state index contributed by atoms with van der Waals surface area (Å²) >= 11 is 0. The molecule has 0 spiro atoms. The van der Waals surface area contributed by atoms with Crippen molar-refractivity contribution in [3.05, 3.63) is 139 Å². The maximum atomic E-state index is 2.82. The van der Waals surface area contributed by atoms with Gasteiger partial charge in [-0.2, -0.15) is 0 Å². The van der Waals surface area contributed by atoms with Crippen LogP contribution in [0.25, 0.3) is 27.5 Å². The van der Waals surface area contributed by atoms with Crippen molar-refractivity contribution < 1.29 is 0 Å². The smallest absolute Gasteiger partial charge is 0.252 e. The predicted molar refractivity (Wildman–Crippen MR) is 203 cm³/mol. The second-order valence-electron chi connectivity index (χ2n) is 14.8. The van der Waals surface area contributed by atoms with Crippen molar-refractivity contribution in [3.8, 4) is 5.69 Å². The van der Waals surface area contributed by atoms with Gasteiger partial charge in [0.05, 0.1) is 16.6 Å². The Morgan fingerprint density at radius 3 is 2.06 bits per heavy atom. The molecule has 4 heterocycles. The van der Waals surface area contributed by atoms with E-state index in [0.717, 1.165) is 11.4 Å². The number of hydrogen-bond donors (Lipinski definition) is 0. The Morgan fingerprint density at radius 1 is 0.604 bits per heavy atom. The maximum absolute atomic E-state index is 2.82. The van der Waals surface area contributed by atoms with E-state index < -0.39 is 0 Å². The van der Waals surface area contributed by atoms with E-state index in [1.165, 1.54) is 86.6 Å². The number of para-hydroxylation sites is 4. The lowest BCUT2D eigenvalue weighted by atomic mass is 9.33. The Bertz CT molecular complexity index is 2430. The lowest BCUT2D eigenvalue weighted by Gasteiger charge is -2.52. The van der Waals surface area contributed by atoms with Crippen molar-refractivity contribution in [2.45, 2.75) is 50.5 Å². The Balaban J connectivity index is 1.27. The van der Waals surface area contributed by atoms with Gasteiger partial charge in [0.1, 0.15) is 0 Å². The molecule has 3 nitrogen and oxygen atoms in total. The summed E-state index contributed by atoms with van der Waals surface area (Å²) in [5, 5.41) is 2.75. The Morgan fingerprint density at radius 2 is 1.27 bits per heavy atom. The summed E-state index contributed by atoms with van der Waals surface area (Å²) < 4.78 is 2.61. The highest BCUT2D eigenvalue weighted by atomic mass is 15.3. The first-order valence-corrected chi connectivity index (χ1v) is 17.6. The summed E-state index contributed by atoms with van der Waals surface area (Å²) in [5.41, 5.74) is 16.4. The van der Waals surface area contributed by atoms with Gasteiger partial charge in [0.2, 0.25) is 0 Å². The number of fused-ring (bicyclic) bond motifs is 12. The van der Waals surface area contributed by atoms with Crippen LogP contribution in [0.4, 0.5) is 28.4 Å². The number of anilines is 5. The third-order valence-electron chi connectivity index (χ3n) is 12.7.